The molecule has 0 radical (unpaired) electrons. The summed E-state index contributed by atoms with van der Waals surface area (Å²) >= 11 is 0. The van der Waals surface area contributed by atoms with Crippen LogP contribution in [0, 0.1) is 5.82 Å². The maximum absolute atomic E-state index is 13.4. The quantitative estimate of drug-likeness (QED) is 0.906. The van der Waals surface area contributed by atoms with Gasteiger partial charge in [0.25, 0.3) is 0 Å². The molecule has 1 aliphatic rings. The van der Waals surface area contributed by atoms with Gasteiger partial charge in [-0.25, -0.2) is 4.39 Å². The maximum atomic E-state index is 13.4. The van der Waals surface area contributed by atoms with Gasteiger partial charge < -0.3 is 4.74 Å². The Kier molecular flexibility index (Phi) is 2.98. The first-order valence-corrected chi connectivity index (χ1v) is 6.03. The van der Waals surface area contributed by atoms with Crippen molar-refractivity contribution in [3.05, 3.63) is 42.5 Å². The molecule has 1 aromatic heterocycles. The van der Waals surface area contributed by atoms with Gasteiger partial charge in [-0.15, -0.1) is 0 Å². The fourth-order valence-electron chi connectivity index (χ4n) is 2.09. The Morgan fingerprint density at radius 3 is 3.06 bits per heavy atom. The number of para-hydroxylation sites is 1. The topological polar surface area (TPSA) is 39.1 Å². The Balaban J connectivity index is 1.75. The Labute approximate surface area is 104 Å². The molecule has 4 nitrogen and oxygen atoms in total. The molecule has 18 heavy (non-hydrogen) atoms. The molecular weight excluding hydrogens is 233 g/mol. The van der Waals surface area contributed by atoms with Crippen molar-refractivity contribution in [3.8, 4) is 11.5 Å². The molecule has 1 saturated heterocycles. The summed E-state index contributed by atoms with van der Waals surface area (Å²) in [4.78, 5) is 0. The van der Waals surface area contributed by atoms with Crippen molar-refractivity contribution in [2.45, 2.75) is 19.0 Å². The molecule has 0 amide bonds. The van der Waals surface area contributed by atoms with Crippen molar-refractivity contribution >= 4 is 0 Å². The zero-order valence-electron chi connectivity index (χ0n) is 9.84. The van der Waals surface area contributed by atoms with Gasteiger partial charge in [-0.05, 0) is 31.5 Å². The average Bonchev–Trinajstić information content (AvgIpc) is 3.02. The number of nitrogens with one attached hydrogen (secondary N) is 1. The minimum absolute atomic E-state index is 0.219. The van der Waals surface area contributed by atoms with Crippen LogP contribution in [0.15, 0.2) is 36.7 Å². The number of aromatic nitrogens is 2. The largest absolute Gasteiger partial charge is 0.451 e. The summed E-state index contributed by atoms with van der Waals surface area (Å²) in [5.41, 5.74) is 0. The van der Waals surface area contributed by atoms with Crippen molar-refractivity contribution in [2.75, 3.05) is 6.54 Å². The van der Waals surface area contributed by atoms with E-state index in [0.717, 1.165) is 19.4 Å². The van der Waals surface area contributed by atoms with E-state index in [2.05, 4.69) is 10.4 Å². The van der Waals surface area contributed by atoms with Crippen molar-refractivity contribution in [1.29, 1.82) is 0 Å². The zero-order chi connectivity index (χ0) is 12.4. The van der Waals surface area contributed by atoms with Gasteiger partial charge in [0.05, 0.1) is 12.4 Å². The summed E-state index contributed by atoms with van der Waals surface area (Å²) < 4.78 is 20.7. The van der Waals surface area contributed by atoms with Crippen molar-refractivity contribution in [2.24, 2.45) is 0 Å². The number of hydrogen-bond acceptors (Lipinski definition) is 3. The van der Waals surface area contributed by atoms with Gasteiger partial charge in [-0.2, -0.15) is 5.10 Å². The lowest BCUT2D eigenvalue weighted by Crippen LogP contribution is -2.19. The van der Waals surface area contributed by atoms with Gasteiger partial charge >= 0.3 is 0 Å². The summed E-state index contributed by atoms with van der Waals surface area (Å²) in [6, 6.07) is 6.34. The first kappa shape index (κ1) is 11.2. The third-order valence-electron chi connectivity index (χ3n) is 3.00. The van der Waals surface area contributed by atoms with Crippen LogP contribution >= 0.6 is 0 Å². The normalized spacial score (nSPS) is 19.1. The van der Waals surface area contributed by atoms with Gasteiger partial charge in [-0.3, -0.25) is 10.00 Å². The fraction of sp³-hybridized carbons (Fsp3) is 0.308. The number of nitrogens with zero attached hydrogens (tertiary/aromatic N) is 2. The third kappa shape index (κ3) is 2.22. The molecule has 0 aliphatic carbocycles. The van der Waals surface area contributed by atoms with E-state index < -0.39 is 0 Å². The Hall–Kier alpha value is -1.88. The molecule has 3 rings (SSSR count). The molecule has 0 saturated carbocycles. The summed E-state index contributed by atoms with van der Waals surface area (Å²) in [7, 11) is 0. The fourth-order valence-corrected chi connectivity index (χ4v) is 2.09. The first-order chi connectivity index (χ1) is 8.83. The van der Waals surface area contributed by atoms with Crippen LogP contribution in [0.1, 0.15) is 19.0 Å². The predicted molar refractivity (Wildman–Crippen MR) is 65.0 cm³/mol. The van der Waals surface area contributed by atoms with Gasteiger partial charge in [-0.1, -0.05) is 12.1 Å². The smallest absolute Gasteiger partial charge is 0.165 e. The van der Waals surface area contributed by atoms with Gasteiger partial charge in [0.2, 0.25) is 0 Å². The highest BCUT2D eigenvalue weighted by Crippen LogP contribution is 2.25. The van der Waals surface area contributed by atoms with E-state index in [4.69, 9.17) is 4.74 Å². The van der Waals surface area contributed by atoms with E-state index in [0.29, 0.717) is 5.75 Å². The van der Waals surface area contributed by atoms with E-state index in [1.54, 1.807) is 30.6 Å². The summed E-state index contributed by atoms with van der Waals surface area (Å²) in [6.07, 6.45) is 5.82. The Morgan fingerprint density at radius 2 is 2.28 bits per heavy atom. The molecule has 1 fully saturated rings. The summed E-state index contributed by atoms with van der Waals surface area (Å²) in [6.45, 7) is 1.01. The molecule has 94 valence electrons. The highest BCUT2D eigenvalue weighted by Gasteiger charge is 2.17. The van der Waals surface area contributed by atoms with Gasteiger partial charge in [0, 0.05) is 0 Å². The van der Waals surface area contributed by atoms with Crippen LogP contribution in [0.2, 0.25) is 0 Å². The predicted octanol–water partition coefficient (Wildman–Crippen LogP) is 2.70. The lowest BCUT2D eigenvalue weighted by molar-refractivity contribution is 0.416. The molecule has 1 atom stereocenters. The second-order valence-electron chi connectivity index (χ2n) is 4.30. The average molecular weight is 247 g/mol. The van der Waals surface area contributed by atoms with Crippen LogP contribution in [-0.2, 0) is 0 Å². The molecule has 2 aromatic rings. The minimum Gasteiger partial charge on any atom is -0.451 e. The van der Waals surface area contributed by atoms with E-state index in [-0.39, 0.29) is 17.7 Å². The SMILES string of the molecule is Fc1ccccc1Oc1cnn(C2CCCN2)c1. The van der Waals surface area contributed by atoms with Crippen LogP contribution in [0.3, 0.4) is 0 Å². The maximum Gasteiger partial charge on any atom is 0.165 e. The van der Waals surface area contributed by atoms with Crippen LogP contribution < -0.4 is 10.1 Å². The lowest BCUT2D eigenvalue weighted by Gasteiger charge is -2.09. The number of hydrogen-bond donors (Lipinski definition) is 1. The van der Waals surface area contributed by atoms with Gasteiger partial charge in [0.15, 0.2) is 17.3 Å². The van der Waals surface area contributed by atoms with E-state index in [9.17, 15) is 4.39 Å². The second kappa shape index (κ2) is 4.78. The highest BCUT2D eigenvalue weighted by atomic mass is 19.1. The van der Waals surface area contributed by atoms with Crippen LogP contribution in [0.25, 0.3) is 0 Å². The van der Waals surface area contributed by atoms with Crippen molar-refractivity contribution in [1.82, 2.24) is 15.1 Å². The third-order valence-corrected chi connectivity index (χ3v) is 3.00. The number of ether oxygens (including phenoxy) is 1. The van der Waals surface area contributed by atoms with Crippen molar-refractivity contribution in [3.63, 3.8) is 0 Å². The molecule has 1 unspecified atom stereocenters. The van der Waals surface area contributed by atoms with E-state index >= 15 is 0 Å². The molecule has 0 bridgehead atoms. The molecular formula is C13H14FN3O. The van der Waals surface area contributed by atoms with Crippen LogP contribution in [0.4, 0.5) is 4.39 Å². The molecule has 5 heteroatoms. The van der Waals surface area contributed by atoms with Crippen LogP contribution in [-0.4, -0.2) is 16.3 Å². The Bertz CT molecular complexity index is 535. The van der Waals surface area contributed by atoms with Gasteiger partial charge in [0.1, 0.15) is 6.17 Å². The second-order valence-corrected chi connectivity index (χ2v) is 4.30. The monoisotopic (exact) mass is 247 g/mol. The van der Waals surface area contributed by atoms with Crippen molar-refractivity contribution < 1.29 is 9.13 Å². The van der Waals surface area contributed by atoms with E-state index in [1.165, 1.54) is 6.07 Å². The summed E-state index contributed by atoms with van der Waals surface area (Å²) in [5.74, 6) is 0.398. The highest BCUT2D eigenvalue weighted by molar-refractivity contribution is 5.29. The Morgan fingerprint density at radius 1 is 1.39 bits per heavy atom. The summed E-state index contributed by atoms with van der Waals surface area (Å²) in [5, 5.41) is 7.56. The lowest BCUT2D eigenvalue weighted by atomic mass is 10.3. The zero-order valence-corrected chi connectivity index (χ0v) is 9.84. The molecule has 2 heterocycles. The van der Waals surface area contributed by atoms with E-state index in [1.807, 2.05) is 4.68 Å². The van der Waals surface area contributed by atoms with Crippen LogP contribution in [0.5, 0.6) is 11.5 Å². The number of rotatable bonds is 3. The molecule has 1 N–H and O–H groups in total. The first-order valence-electron chi connectivity index (χ1n) is 6.03. The number of benzene rings is 1. The molecule has 0 spiro atoms. The standard InChI is InChI=1S/C13H14FN3O/c14-11-4-1-2-5-12(11)18-10-8-16-17(9-10)13-6-3-7-15-13/h1-2,4-5,8-9,13,15H,3,6-7H2. The minimum atomic E-state index is -0.371. The number of halogens is 1. The molecule has 1 aromatic carbocycles. The molecule has 1 aliphatic heterocycles.